The van der Waals surface area contributed by atoms with E-state index < -0.39 is 0 Å². The highest BCUT2D eigenvalue weighted by atomic mass is 32.1. The first kappa shape index (κ1) is 18.8. The van der Waals surface area contributed by atoms with Gasteiger partial charge in [-0.25, -0.2) is 0 Å². The summed E-state index contributed by atoms with van der Waals surface area (Å²) >= 11 is 1.09. The Morgan fingerprint density at radius 3 is 2.03 bits per heavy atom. The van der Waals surface area contributed by atoms with Crippen LogP contribution in [0.2, 0.25) is 0 Å². The van der Waals surface area contributed by atoms with Crippen molar-refractivity contribution in [2.45, 2.75) is 6.04 Å². The van der Waals surface area contributed by atoms with E-state index in [1.54, 1.807) is 7.11 Å². The first-order chi connectivity index (χ1) is 14.3. The molecule has 0 spiro atoms. The number of aromatic nitrogens is 2. The van der Waals surface area contributed by atoms with Gasteiger partial charge in [-0.2, -0.15) is 0 Å². The van der Waals surface area contributed by atoms with E-state index in [4.69, 9.17) is 4.74 Å². The van der Waals surface area contributed by atoms with Gasteiger partial charge in [-0.3, -0.25) is 4.79 Å². The largest absolute Gasteiger partial charge is 0.497 e. The summed E-state index contributed by atoms with van der Waals surface area (Å²) in [7, 11) is 1.62. The van der Waals surface area contributed by atoms with E-state index >= 15 is 0 Å². The molecule has 5 nitrogen and oxygen atoms in total. The summed E-state index contributed by atoms with van der Waals surface area (Å²) in [5, 5.41) is 7.33. The molecule has 6 heteroatoms. The van der Waals surface area contributed by atoms with E-state index in [1.165, 1.54) is 0 Å². The molecule has 0 unspecified atom stereocenters. The third kappa shape index (κ3) is 4.17. The van der Waals surface area contributed by atoms with Crippen LogP contribution in [-0.4, -0.2) is 22.6 Å². The Balaban J connectivity index is 1.65. The van der Waals surface area contributed by atoms with Crippen molar-refractivity contribution in [2.24, 2.45) is 0 Å². The minimum Gasteiger partial charge on any atom is -0.497 e. The van der Waals surface area contributed by atoms with Crippen LogP contribution >= 0.6 is 11.5 Å². The second-order valence-electron chi connectivity index (χ2n) is 6.41. The number of carbonyl (C=O) groups excluding carboxylic acids is 1. The zero-order chi connectivity index (χ0) is 20.1. The second kappa shape index (κ2) is 8.67. The number of hydrogen-bond acceptors (Lipinski definition) is 5. The maximum atomic E-state index is 13.2. The van der Waals surface area contributed by atoms with E-state index in [-0.39, 0.29) is 11.9 Å². The first-order valence-corrected chi connectivity index (χ1v) is 9.91. The van der Waals surface area contributed by atoms with Gasteiger partial charge in [0.2, 0.25) is 0 Å². The summed E-state index contributed by atoms with van der Waals surface area (Å²) in [4.78, 5) is 13.7. The lowest BCUT2D eigenvalue weighted by Gasteiger charge is -2.19. The number of amides is 1. The molecular weight excluding hydrogens is 382 g/mol. The quantitative estimate of drug-likeness (QED) is 0.507. The van der Waals surface area contributed by atoms with Gasteiger partial charge < -0.3 is 10.1 Å². The number of nitrogens with zero attached hydrogens (tertiary/aromatic N) is 2. The summed E-state index contributed by atoms with van der Waals surface area (Å²) < 4.78 is 9.22. The van der Waals surface area contributed by atoms with Gasteiger partial charge in [-0.05, 0) is 46.9 Å². The third-order valence-electron chi connectivity index (χ3n) is 4.60. The Bertz CT molecular complexity index is 1040. The lowest BCUT2D eigenvalue weighted by molar-refractivity contribution is 0.0947. The average molecular weight is 401 g/mol. The van der Waals surface area contributed by atoms with Gasteiger partial charge in [-0.1, -0.05) is 65.2 Å². The van der Waals surface area contributed by atoms with Crippen LogP contribution in [0.3, 0.4) is 0 Å². The van der Waals surface area contributed by atoms with Crippen molar-refractivity contribution in [3.8, 4) is 17.0 Å². The SMILES string of the molecule is COc1ccc(-c2nnsc2C(=O)NC(c2ccccc2)c2ccccc2)cc1. The van der Waals surface area contributed by atoms with Crippen LogP contribution in [0.25, 0.3) is 11.3 Å². The highest BCUT2D eigenvalue weighted by Gasteiger charge is 2.22. The van der Waals surface area contributed by atoms with Crippen LogP contribution in [-0.2, 0) is 0 Å². The van der Waals surface area contributed by atoms with Crippen LogP contribution in [0.4, 0.5) is 0 Å². The van der Waals surface area contributed by atoms with Crippen molar-refractivity contribution in [1.82, 2.24) is 14.9 Å². The monoisotopic (exact) mass is 401 g/mol. The molecule has 29 heavy (non-hydrogen) atoms. The van der Waals surface area contributed by atoms with Gasteiger partial charge in [0.1, 0.15) is 16.3 Å². The Labute approximate surface area is 173 Å². The molecule has 144 valence electrons. The van der Waals surface area contributed by atoms with Crippen molar-refractivity contribution in [3.63, 3.8) is 0 Å². The number of rotatable bonds is 6. The van der Waals surface area contributed by atoms with E-state index in [1.807, 2.05) is 84.9 Å². The first-order valence-electron chi connectivity index (χ1n) is 9.14. The molecular formula is C23H19N3O2S. The Morgan fingerprint density at radius 2 is 1.48 bits per heavy atom. The van der Waals surface area contributed by atoms with Gasteiger partial charge in [0.15, 0.2) is 0 Å². The maximum absolute atomic E-state index is 13.2. The van der Waals surface area contributed by atoms with Crippen molar-refractivity contribution in [1.29, 1.82) is 0 Å². The molecule has 0 saturated heterocycles. The lowest BCUT2D eigenvalue weighted by atomic mass is 9.98. The number of carbonyl (C=O) groups is 1. The summed E-state index contributed by atoms with van der Waals surface area (Å²) in [6.07, 6.45) is 0. The molecule has 1 amide bonds. The lowest BCUT2D eigenvalue weighted by Crippen LogP contribution is -2.29. The Kier molecular flexibility index (Phi) is 5.63. The Hall–Kier alpha value is -3.51. The van der Waals surface area contributed by atoms with Crippen LogP contribution in [0.5, 0.6) is 5.75 Å². The maximum Gasteiger partial charge on any atom is 0.266 e. The Morgan fingerprint density at radius 1 is 0.897 bits per heavy atom. The predicted molar refractivity (Wildman–Crippen MR) is 114 cm³/mol. The third-order valence-corrected chi connectivity index (χ3v) is 5.32. The molecule has 0 aliphatic rings. The molecule has 0 atom stereocenters. The van der Waals surface area contributed by atoms with Crippen molar-refractivity contribution in [2.75, 3.05) is 7.11 Å². The molecule has 0 fully saturated rings. The summed E-state index contributed by atoms with van der Waals surface area (Å²) in [5.41, 5.74) is 3.40. The van der Waals surface area contributed by atoms with E-state index in [0.717, 1.165) is 34.0 Å². The van der Waals surface area contributed by atoms with Crippen molar-refractivity contribution < 1.29 is 9.53 Å². The smallest absolute Gasteiger partial charge is 0.266 e. The molecule has 0 radical (unpaired) electrons. The molecule has 3 aromatic carbocycles. The second-order valence-corrected chi connectivity index (χ2v) is 7.16. The fraction of sp³-hybridized carbons (Fsp3) is 0.0870. The zero-order valence-corrected chi connectivity index (χ0v) is 16.6. The topological polar surface area (TPSA) is 64.1 Å². The van der Waals surface area contributed by atoms with Crippen LogP contribution < -0.4 is 10.1 Å². The minimum absolute atomic E-state index is 0.205. The van der Waals surface area contributed by atoms with Gasteiger partial charge >= 0.3 is 0 Å². The van der Waals surface area contributed by atoms with Gasteiger partial charge in [-0.15, -0.1) is 5.10 Å². The molecule has 0 saturated carbocycles. The molecule has 4 aromatic rings. The molecule has 0 aliphatic carbocycles. The molecule has 0 aliphatic heterocycles. The van der Waals surface area contributed by atoms with Crippen molar-refractivity contribution >= 4 is 17.4 Å². The fourth-order valence-electron chi connectivity index (χ4n) is 3.12. The van der Waals surface area contributed by atoms with E-state index in [2.05, 4.69) is 14.9 Å². The van der Waals surface area contributed by atoms with Crippen LogP contribution in [0.15, 0.2) is 84.9 Å². The normalized spacial score (nSPS) is 10.7. The summed E-state index contributed by atoms with van der Waals surface area (Å²) in [6, 6.07) is 27.0. The molecule has 0 bridgehead atoms. The number of hydrogen-bond donors (Lipinski definition) is 1. The average Bonchev–Trinajstić information content (AvgIpc) is 3.29. The number of ether oxygens (including phenoxy) is 1. The standard InChI is InChI=1S/C23H19N3O2S/c1-28-19-14-12-18(13-15-19)21-22(29-26-25-21)23(27)24-20(16-8-4-2-5-9-16)17-10-6-3-7-11-17/h2-15,20H,1H3,(H,24,27). The number of methoxy groups -OCH3 is 1. The fourth-order valence-corrected chi connectivity index (χ4v) is 3.72. The van der Waals surface area contributed by atoms with Crippen molar-refractivity contribution in [3.05, 3.63) is 101 Å². The van der Waals surface area contributed by atoms with Crippen LogP contribution in [0.1, 0.15) is 26.8 Å². The highest BCUT2D eigenvalue weighted by Crippen LogP contribution is 2.28. The van der Waals surface area contributed by atoms with E-state index in [9.17, 15) is 4.79 Å². The van der Waals surface area contributed by atoms with E-state index in [0.29, 0.717) is 10.6 Å². The molecule has 1 aromatic heterocycles. The highest BCUT2D eigenvalue weighted by molar-refractivity contribution is 7.08. The van der Waals surface area contributed by atoms with Gasteiger partial charge in [0, 0.05) is 5.56 Å². The predicted octanol–water partition coefficient (Wildman–Crippen LogP) is 4.73. The molecule has 4 rings (SSSR count). The van der Waals surface area contributed by atoms with Crippen LogP contribution in [0, 0.1) is 0 Å². The summed E-state index contributed by atoms with van der Waals surface area (Å²) in [5.74, 6) is 0.541. The number of nitrogens with one attached hydrogen (secondary N) is 1. The summed E-state index contributed by atoms with van der Waals surface area (Å²) in [6.45, 7) is 0. The van der Waals surface area contributed by atoms with Gasteiger partial charge in [0.25, 0.3) is 5.91 Å². The molecule has 1 heterocycles. The minimum atomic E-state index is -0.268. The number of benzene rings is 3. The van der Waals surface area contributed by atoms with Gasteiger partial charge in [0.05, 0.1) is 13.2 Å². The molecule has 1 N–H and O–H groups in total. The zero-order valence-electron chi connectivity index (χ0n) is 15.8.